The molecule has 1 fully saturated rings. The van der Waals surface area contributed by atoms with Gasteiger partial charge in [0.1, 0.15) is 6.33 Å². The van der Waals surface area contributed by atoms with Crippen molar-refractivity contribution in [3.05, 3.63) is 69.5 Å². The number of aromatic nitrogens is 3. The van der Waals surface area contributed by atoms with E-state index in [1.807, 2.05) is 0 Å². The van der Waals surface area contributed by atoms with Crippen molar-refractivity contribution in [2.75, 3.05) is 18.4 Å². The minimum atomic E-state index is -0.536. The van der Waals surface area contributed by atoms with Gasteiger partial charge in [-0.1, -0.05) is 12.1 Å². The number of rotatable bonds is 6. The van der Waals surface area contributed by atoms with Gasteiger partial charge in [-0.05, 0) is 55.3 Å². The number of nitrogens with one attached hydrogen (secondary N) is 1. The molecule has 170 valence electrons. The lowest BCUT2D eigenvalue weighted by Gasteiger charge is -2.19. The van der Waals surface area contributed by atoms with E-state index in [2.05, 4.69) is 15.5 Å². The van der Waals surface area contributed by atoms with E-state index >= 15 is 0 Å². The molecule has 1 aromatic heterocycles. The average molecular weight is 467 g/mol. The number of nitro groups is 1. The van der Waals surface area contributed by atoms with E-state index < -0.39 is 10.8 Å². The van der Waals surface area contributed by atoms with Gasteiger partial charge in [0.05, 0.1) is 21.1 Å². The number of benzene rings is 2. The lowest BCUT2D eigenvalue weighted by Crippen LogP contribution is -2.29. The summed E-state index contributed by atoms with van der Waals surface area (Å²) >= 11 is 1.09. The number of para-hydroxylation sites is 1. The summed E-state index contributed by atoms with van der Waals surface area (Å²) in [5.41, 5.74) is 1.46. The summed E-state index contributed by atoms with van der Waals surface area (Å²) in [6.07, 6.45) is 3.42. The number of nitrogens with zero attached hydrogens (tertiary/aromatic N) is 5. The Balaban J connectivity index is 1.61. The third-order valence-electron chi connectivity index (χ3n) is 5.42. The van der Waals surface area contributed by atoms with Crippen LogP contribution >= 0.6 is 11.8 Å². The molecule has 2 amide bonds. The van der Waals surface area contributed by atoms with Gasteiger partial charge in [-0.3, -0.25) is 19.7 Å². The molecule has 2 aromatic carbocycles. The first kappa shape index (κ1) is 22.5. The molecule has 0 atom stereocenters. The number of carbonyl (C=O) groups is 2. The Morgan fingerprint density at radius 2 is 1.94 bits per heavy atom. The van der Waals surface area contributed by atoms with E-state index in [1.165, 1.54) is 24.5 Å². The summed E-state index contributed by atoms with van der Waals surface area (Å²) < 4.78 is 1.64. The van der Waals surface area contributed by atoms with E-state index in [9.17, 15) is 19.7 Å². The topological polar surface area (TPSA) is 123 Å². The van der Waals surface area contributed by atoms with Crippen LogP contribution < -0.4 is 5.32 Å². The first-order chi connectivity index (χ1) is 15.8. The second kappa shape index (κ2) is 9.41. The third kappa shape index (κ3) is 4.72. The maximum atomic E-state index is 13.0. The molecule has 33 heavy (non-hydrogen) atoms. The van der Waals surface area contributed by atoms with Gasteiger partial charge in [-0.15, -0.1) is 10.2 Å². The lowest BCUT2D eigenvalue weighted by molar-refractivity contribution is -0.387. The minimum Gasteiger partial charge on any atom is -0.339 e. The number of nitro benzene ring substituents is 1. The van der Waals surface area contributed by atoms with Crippen molar-refractivity contribution in [2.24, 2.45) is 7.05 Å². The summed E-state index contributed by atoms with van der Waals surface area (Å²) in [4.78, 5) is 39.3. The molecule has 0 radical (unpaired) electrons. The average Bonchev–Trinajstić information content (AvgIpc) is 3.47. The zero-order valence-electron chi connectivity index (χ0n) is 18.1. The number of likely N-dealkylation sites (tertiary alicyclic amines) is 1. The van der Waals surface area contributed by atoms with E-state index in [1.54, 1.807) is 41.6 Å². The quantitative estimate of drug-likeness (QED) is 0.434. The molecule has 11 heteroatoms. The van der Waals surface area contributed by atoms with Gasteiger partial charge in [0.15, 0.2) is 5.16 Å². The van der Waals surface area contributed by atoms with Crippen LogP contribution in [0.15, 0.2) is 52.8 Å². The fourth-order valence-corrected chi connectivity index (χ4v) is 4.49. The smallest absolute Gasteiger partial charge is 0.284 e. The van der Waals surface area contributed by atoms with Crippen molar-refractivity contribution in [1.29, 1.82) is 0 Å². The normalized spacial score (nSPS) is 13.2. The molecule has 0 aliphatic carbocycles. The Morgan fingerprint density at radius 1 is 1.18 bits per heavy atom. The summed E-state index contributed by atoms with van der Waals surface area (Å²) in [7, 11) is 1.74. The molecule has 1 N–H and O–H groups in total. The second-order valence-corrected chi connectivity index (χ2v) is 8.73. The van der Waals surface area contributed by atoms with Gasteiger partial charge in [0.2, 0.25) is 0 Å². The summed E-state index contributed by atoms with van der Waals surface area (Å²) in [5.74, 6) is -0.661. The van der Waals surface area contributed by atoms with Crippen molar-refractivity contribution < 1.29 is 14.5 Å². The van der Waals surface area contributed by atoms with Crippen molar-refractivity contribution in [1.82, 2.24) is 19.7 Å². The van der Waals surface area contributed by atoms with Gasteiger partial charge >= 0.3 is 0 Å². The van der Waals surface area contributed by atoms with Crippen molar-refractivity contribution in [3.63, 3.8) is 0 Å². The van der Waals surface area contributed by atoms with E-state index in [0.717, 1.165) is 30.2 Å². The number of hydrogen-bond donors (Lipinski definition) is 1. The number of anilines is 1. The molecule has 1 aliphatic heterocycles. The first-order valence-electron chi connectivity index (χ1n) is 10.4. The summed E-state index contributed by atoms with van der Waals surface area (Å²) in [5, 5.41) is 22.7. The molecular weight excluding hydrogens is 444 g/mol. The monoisotopic (exact) mass is 466 g/mol. The predicted octanol–water partition coefficient (Wildman–Crippen LogP) is 3.67. The van der Waals surface area contributed by atoms with E-state index in [4.69, 9.17) is 0 Å². The Bertz CT molecular complexity index is 1240. The number of amides is 2. The van der Waals surface area contributed by atoms with Crippen molar-refractivity contribution in [2.45, 2.75) is 29.8 Å². The maximum Gasteiger partial charge on any atom is 0.284 e. The molecule has 0 saturated carbocycles. The molecule has 4 rings (SSSR count). The summed E-state index contributed by atoms with van der Waals surface area (Å²) in [6.45, 7) is 3.19. The van der Waals surface area contributed by atoms with Crippen LogP contribution in [0.1, 0.15) is 39.1 Å². The second-order valence-electron chi connectivity index (χ2n) is 7.72. The molecule has 1 saturated heterocycles. The van der Waals surface area contributed by atoms with Gasteiger partial charge in [0.25, 0.3) is 17.5 Å². The van der Waals surface area contributed by atoms with E-state index in [0.29, 0.717) is 34.4 Å². The lowest BCUT2D eigenvalue weighted by atomic mass is 10.1. The third-order valence-corrected chi connectivity index (χ3v) is 6.54. The van der Waals surface area contributed by atoms with Gasteiger partial charge < -0.3 is 14.8 Å². The largest absolute Gasteiger partial charge is 0.339 e. The van der Waals surface area contributed by atoms with Crippen molar-refractivity contribution in [3.8, 4) is 0 Å². The maximum absolute atomic E-state index is 13.0. The van der Waals surface area contributed by atoms with Crippen LogP contribution in [0, 0.1) is 17.0 Å². The first-order valence-corrected chi connectivity index (χ1v) is 11.2. The van der Waals surface area contributed by atoms with E-state index in [-0.39, 0.29) is 17.2 Å². The van der Waals surface area contributed by atoms with Crippen LogP contribution in [0.4, 0.5) is 11.4 Å². The number of hydrogen-bond acceptors (Lipinski definition) is 7. The SMILES string of the molecule is Cc1cccc(C(=O)N2CCCC2)c1NC(=O)c1ccc(Sc2nncn2C)c([N+](=O)[O-])c1. The fourth-order valence-electron chi connectivity index (χ4n) is 3.64. The highest BCUT2D eigenvalue weighted by molar-refractivity contribution is 7.99. The van der Waals surface area contributed by atoms with Crippen LogP contribution in [0.5, 0.6) is 0 Å². The van der Waals surface area contributed by atoms with Gasteiger partial charge in [0, 0.05) is 31.8 Å². The Morgan fingerprint density at radius 3 is 2.61 bits per heavy atom. The minimum absolute atomic E-state index is 0.117. The number of carbonyl (C=O) groups excluding carboxylic acids is 2. The highest BCUT2D eigenvalue weighted by Crippen LogP contribution is 2.34. The molecule has 0 bridgehead atoms. The van der Waals surface area contributed by atoms with Gasteiger partial charge in [-0.2, -0.15) is 0 Å². The highest BCUT2D eigenvalue weighted by Gasteiger charge is 2.25. The zero-order valence-corrected chi connectivity index (χ0v) is 19.0. The van der Waals surface area contributed by atoms with Crippen LogP contribution in [0.3, 0.4) is 0 Å². The molecular formula is C22H22N6O4S. The molecule has 1 aliphatic rings. The highest BCUT2D eigenvalue weighted by atomic mass is 32.2. The van der Waals surface area contributed by atoms with Crippen molar-refractivity contribution >= 4 is 35.0 Å². The fraction of sp³-hybridized carbons (Fsp3) is 0.273. The van der Waals surface area contributed by atoms with Crippen LogP contribution in [-0.2, 0) is 7.05 Å². The Labute approximate surface area is 194 Å². The summed E-state index contributed by atoms with van der Waals surface area (Å²) in [6, 6.07) is 9.53. The molecule has 3 aromatic rings. The Kier molecular flexibility index (Phi) is 6.40. The van der Waals surface area contributed by atoms with Crippen LogP contribution in [-0.4, -0.2) is 49.5 Å². The van der Waals surface area contributed by atoms with Crippen LogP contribution in [0.2, 0.25) is 0 Å². The Hall–Kier alpha value is -3.73. The molecule has 2 heterocycles. The zero-order chi connectivity index (χ0) is 23.5. The molecule has 0 spiro atoms. The van der Waals surface area contributed by atoms with Gasteiger partial charge in [-0.25, -0.2) is 0 Å². The van der Waals surface area contributed by atoms with Crippen LogP contribution in [0.25, 0.3) is 0 Å². The number of aryl methyl sites for hydroxylation is 2. The molecule has 0 unspecified atom stereocenters. The predicted molar refractivity (Wildman–Crippen MR) is 122 cm³/mol. The standard InChI is InChI=1S/C22H22N6O4S/c1-14-6-5-7-16(21(30)27-10-3-4-11-27)19(14)24-20(29)15-8-9-18(17(12-15)28(31)32)33-22-25-23-13-26(22)2/h5-9,12-13H,3-4,10-11H2,1-2H3,(H,24,29). The molecule has 10 nitrogen and oxygen atoms in total.